The third-order valence-corrected chi connectivity index (χ3v) is 3.68. The van der Waals surface area contributed by atoms with Crippen LogP contribution in [-0.4, -0.2) is 28.2 Å². The fourth-order valence-electron chi connectivity index (χ4n) is 2.38. The number of pyridine rings is 1. The summed E-state index contributed by atoms with van der Waals surface area (Å²) in [5, 5.41) is 8.24. The predicted molar refractivity (Wildman–Crippen MR) is 91.5 cm³/mol. The SMILES string of the molecule is COC(=O)Cc1nc2ccc(F)cn2c1N=Nc1cccc(C(C)=O)c1. The van der Waals surface area contributed by atoms with E-state index in [-0.39, 0.29) is 18.0 Å². The molecule has 0 N–H and O–H groups in total. The van der Waals surface area contributed by atoms with Crippen LogP contribution >= 0.6 is 0 Å². The lowest BCUT2D eigenvalue weighted by atomic mass is 10.1. The van der Waals surface area contributed by atoms with Crippen LogP contribution in [0.15, 0.2) is 52.8 Å². The summed E-state index contributed by atoms with van der Waals surface area (Å²) in [5.41, 5.74) is 1.69. The highest BCUT2D eigenvalue weighted by molar-refractivity contribution is 5.94. The van der Waals surface area contributed by atoms with E-state index in [2.05, 4.69) is 19.9 Å². The van der Waals surface area contributed by atoms with E-state index in [1.807, 2.05) is 0 Å². The third kappa shape index (κ3) is 3.64. The van der Waals surface area contributed by atoms with Crippen molar-refractivity contribution in [1.29, 1.82) is 0 Å². The van der Waals surface area contributed by atoms with Crippen LogP contribution in [0.5, 0.6) is 0 Å². The van der Waals surface area contributed by atoms with Gasteiger partial charge in [-0.1, -0.05) is 12.1 Å². The van der Waals surface area contributed by atoms with Gasteiger partial charge in [-0.2, -0.15) is 0 Å². The van der Waals surface area contributed by atoms with Crippen LogP contribution < -0.4 is 0 Å². The Kier molecular flexibility index (Phi) is 4.83. The second-order valence-corrected chi connectivity index (χ2v) is 5.52. The maximum absolute atomic E-state index is 13.6. The van der Waals surface area contributed by atoms with Crippen molar-refractivity contribution < 1.29 is 18.7 Å². The van der Waals surface area contributed by atoms with Gasteiger partial charge in [-0.3, -0.25) is 14.0 Å². The number of fused-ring (bicyclic) bond motifs is 1. The number of Topliss-reactive ketones (excluding diaryl/α,β-unsaturated/α-hetero) is 1. The minimum absolute atomic E-state index is 0.0923. The molecular weight excluding hydrogens is 339 g/mol. The summed E-state index contributed by atoms with van der Waals surface area (Å²) in [6, 6.07) is 9.38. The summed E-state index contributed by atoms with van der Waals surface area (Å²) in [4.78, 5) is 27.4. The molecule has 0 amide bonds. The van der Waals surface area contributed by atoms with Crippen molar-refractivity contribution in [2.75, 3.05) is 7.11 Å². The van der Waals surface area contributed by atoms with Crippen molar-refractivity contribution >= 4 is 28.9 Å². The van der Waals surface area contributed by atoms with Gasteiger partial charge in [0.15, 0.2) is 11.6 Å². The smallest absolute Gasteiger partial charge is 0.311 e. The number of rotatable bonds is 5. The van der Waals surface area contributed by atoms with Gasteiger partial charge < -0.3 is 4.74 Å². The van der Waals surface area contributed by atoms with Gasteiger partial charge in [-0.25, -0.2) is 9.37 Å². The number of hydrogen-bond donors (Lipinski definition) is 0. The van der Waals surface area contributed by atoms with Gasteiger partial charge in [-0.15, -0.1) is 10.2 Å². The van der Waals surface area contributed by atoms with Gasteiger partial charge in [0.2, 0.25) is 0 Å². The number of benzene rings is 1. The van der Waals surface area contributed by atoms with Gasteiger partial charge in [-0.05, 0) is 31.2 Å². The molecule has 0 fully saturated rings. The Morgan fingerprint density at radius 1 is 1.23 bits per heavy atom. The van der Waals surface area contributed by atoms with Crippen LogP contribution in [0.1, 0.15) is 23.0 Å². The Morgan fingerprint density at radius 2 is 2.04 bits per heavy atom. The number of hydrogen-bond acceptors (Lipinski definition) is 6. The predicted octanol–water partition coefficient (Wildman–Crippen LogP) is 3.81. The number of carbonyl (C=O) groups excluding carboxylic acids is 2. The molecule has 0 aliphatic carbocycles. The highest BCUT2D eigenvalue weighted by atomic mass is 19.1. The number of ketones is 1. The van der Waals surface area contributed by atoms with Crippen LogP contribution in [0.3, 0.4) is 0 Å². The molecular formula is C18H15FN4O3. The Bertz CT molecular complexity index is 1030. The molecule has 3 rings (SSSR count). The quantitative estimate of drug-likeness (QED) is 0.396. The van der Waals surface area contributed by atoms with Gasteiger partial charge >= 0.3 is 5.97 Å². The summed E-state index contributed by atoms with van der Waals surface area (Å²) < 4.78 is 19.7. The summed E-state index contributed by atoms with van der Waals surface area (Å²) >= 11 is 0. The van der Waals surface area contributed by atoms with Gasteiger partial charge in [0.25, 0.3) is 0 Å². The highest BCUT2D eigenvalue weighted by Crippen LogP contribution is 2.25. The molecule has 0 atom stereocenters. The molecule has 0 spiro atoms. The number of halogens is 1. The van der Waals surface area contributed by atoms with Crippen molar-refractivity contribution in [2.45, 2.75) is 13.3 Å². The molecule has 2 heterocycles. The molecule has 0 bridgehead atoms. The topological polar surface area (TPSA) is 85.4 Å². The second-order valence-electron chi connectivity index (χ2n) is 5.52. The number of methoxy groups -OCH3 is 1. The van der Waals surface area contributed by atoms with Gasteiger partial charge in [0.05, 0.1) is 24.9 Å². The molecule has 26 heavy (non-hydrogen) atoms. The average molecular weight is 354 g/mol. The number of aromatic nitrogens is 2. The summed E-state index contributed by atoms with van der Waals surface area (Å²) in [6.07, 6.45) is 1.09. The zero-order valence-corrected chi connectivity index (χ0v) is 14.1. The minimum Gasteiger partial charge on any atom is -0.469 e. The first-order valence-corrected chi connectivity index (χ1v) is 7.74. The molecule has 8 heteroatoms. The first-order valence-electron chi connectivity index (χ1n) is 7.74. The molecule has 2 aromatic heterocycles. The molecule has 0 aliphatic rings. The Balaban J connectivity index is 2.05. The monoisotopic (exact) mass is 354 g/mol. The molecule has 3 aromatic rings. The zero-order chi connectivity index (χ0) is 18.7. The lowest BCUT2D eigenvalue weighted by Crippen LogP contribution is -2.04. The normalized spacial score (nSPS) is 11.2. The first-order chi connectivity index (χ1) is 12.5. The Hall–Kier alpha value is -3.42. The minimum atomic E-state index is -0.496. The van der Waals surface area contributed by atoms with Crippen LogP contribution in [0.2, 0.25) is 0 Å². The van der Waals surface area contributed by atoms with Gasteiger partial charge in [0, 0.05) is 11.8 Å². The van der Waals surface area contributed by atoms with E-state index in [1.165, 1.54) is 36.8 Å². The number of imidazole rings is 1. The van der Waals surface area contributed by atoms with E-state index < -0.39 is 11.8 Å². The molecule has 0 saturated carbocycles. The maximum Gasteiger partial charge on any atom is 0.311 e. The molecule has 1 aromatic carbocycles. The number of carbonyl (C=O) groups is 2. The summed E-state index contributed by atoms with van der Waals surface area (Å²) in [7, 11) is 1.27. The lowest BCUT2D eigenvalue weighted by Gasteiger charge is -2.00. The van der Waals surface area contributed by atoms with E-state index in [0.29, 0.717) is 22.6 Å². The molecule has 0 radical (unpaired) electrons. The van der Waals surface area contributed by atoms with Crippen LogP contribution in [0.25, 0.3) is 5.65 Å². The number of nitrogens with zero attached hydrogens (tertiary/aromatic N) is 4. The van der Waals surface area contributed by atoms with E-state index in [9.17, 15) is 14.0 Å². The van der Waals surface area contributed by atoms with Crippen LogP contribution in [0.4, 0.5) is 15.9 Å². The molecule has 0 unspecified atom stereocenters. The van der Waals surface area contributed by atoms with Crippen LogP contribution in [0, 0.1) is 5.82 Å². The lowest BCUT2D eigenvalue weighted by molar-refractivity contribution is -0.139. The van der Waals surface area contributed by atoms with Gasteiger partial charge in [0.1, 0.15) is 11.5 Å². The van der Waals surface area contributed by atoms with Crippen LogP contribution in [-0.2, 0) is 16.0 Å². The fraction of sp³-hybridized carbons (Fsp3) is 0.167. The summed E-state index contributed by atoms with van der Waals surface area (Å²) in [5.74, 6) is -0.845. The molecule has 0 aliphatic heterocycles. The van der Waals surface area contributed by atoms with Crippen molar-refractivity contribution in [3.8, 4) is 0 Å². The molecule has 7 nitrogen and oxygen atoms in total. The van der Waals surface area contributed by atoms with Crippen molar-refractivity contribution in [2.24, 2.45) is 10.2 Å². The largest absolute Gasteiger partial charge is 0.469 e. The molecule has 0 saturated heterocycles. The van der Waals surface area contributed by atoms with E-state index in [1.54, 1.807) is 24.3 Å². The second kappa shape index (κ2) is 7.22. The summed E-state index contributed by atoms with van der Waals surface area (Å²) in [6.45, 7) is 1.46. The number of ether oxygens (including phenoxy) is 1. The highest BCUT2D eigenvalue weighted by Gasteiger charge is 2.16. The Morgan fingerprint density at radius 3 is 2.77 bits per heavy atom. The average Bonchev–Trinajstić information content (AvgIpc) is 2.96. The zero-order valence-electron chi connectivity index (χ0n) is 14.1. The third-order valence-electron chi connectivity index (χ3n) is 3.68. The standard InChI is InChI=1S/C18H15FN4O3/c1-11(24)12-4-3-5-14(8-12)21-22-18-15(9-17(25)26-2)20-16-7-6-13(19)10-23(16)18/h3-8,10H,9H2,1-2H3. The van der Waals surface area contributed by atoms with E-state index >= 15 is 0 Å². The first kappa shape index (κ1) is 17.4. The van der Waals surface area contributed by atoms with Crippen molar-refractivity contribution in [3.05, 3.63) is 59.7 Å². The Labute approximate surface area is 148 Å². The van der Waals surface area contributed by atoms with Crippen molar-refractivity contribution in [3.63, 3.8) is 0 Å². The van der Waals surface area contributed by atoms with Crippen molar-refractivity contribution in [1.82, 2.24) is 9.38 Å². The van der Waals surface area contributed by atoms with E-state index in [0.717, 1.165) is 0 Å². The molecule has 132 valence electrons. The maximum atomic E-state index is 13.6. The number of azo groups is 1. The van der Waals surface area contributed by atoms with E-state index in [4.69, 9.17) is 0 Å². The fourth-order valence-corrected chi connectivity index (χ4v) is 2.38. The number of esters is 1.